The second-order valence-electron chi connectivity index (χ2n) is 3.78. The molecule has 15 heavy (non-hydrogen) atoms. The summed E-state index contributed by atoms with van der Waals surface area (Å²) in [5.74, 6) is -1.46. The smallest absolute Gasteiger partial charge is 0.320 e. The van der Waals surface area contributed by atoms with Gasteiger partial charge in [0.15, 0.2) is 0 Å². The van der Waals surface area contributed by atoms with Gasteiger partial charge in [0, 0.05) is 6.92 Å². The molecule has 0 bridgehead atoms. The van der Waals surface area contributed by atoms with Crippen LogP contribution in [0.15, 0.2) is 0 Å². The van der Waals surface area contributed by atoms with Gasteiger partial charge in [0.25, 0.3) is 5.97 Å². The minimum absolute atomic E-state index is 0.223. The number of hydrogen-bond acceptors (Lipinski definition) is 3. The van der Waals surface area contributed by atoms with Crippen molar-refractivity contribution in [2.24, 2.45) is 11.7 Å². The molecule has 1 saturated carbocycles. The Balaban J connectivity index is 0.000000423. The fourth-order valence-electron chi connectivity index (χ4n) is 1.69. The molecular weight excluding hydrogens is 198 g/mol. The predicted molar refractivity (Wildman–Crippen MR) is 55.5 cm³/mol. The number of nitrogens with two attached hydrogens (primary N) is 1. The third-order valence-corrected chi connectivity index (χ3v) is 2.44. The van der Waals surface area contributed by atoms with Crippen LogP contribution in [0.1, 0.15) is 39.0 Å². The van der Waals surface area contributed by atoms with E-state index in [1.807, 2.05) is 0 Å². The lowest BCUT2D eigenvalue weighted by molar-refractivity contribution is -0.140. The summed E-state index contributed by atoms with van der Waals surface area (Å²) in [4.78, 5) is 19.5. The quantitative estimate of drug-likeness (QED) is 0.642. The van der Waals surface area contributed by atoms with E-state index in [0.29, 0.717) is 0 Å². The molecule has 0 aliphatic heterocycles. The number of aliphatic carboxylic acids is 2. The highest BCUT2D eigenvalue weighted by Crippen LogP contribution is 2.25. The van der Waals surface area contributed by atoms with Gasteiger partial charge in [-0.25, -0.2) is 0 Å². The number of carboxylic acids is 2. The average molecular weight is 217 g/mol. The van der Waals surface area contributed by atoms with Gasteiger partial charge in [0.05, 0.1) is 0 Å². The van der Waals surface area contributed by atoms with Gasteiger partial charge in [-0.05, 0) is 18.8 Å². The van der Waals surface area contributed by atoms with Crippen molar-refractivity contribution < 1.29 is 19.8 Å². The molecule has 1 aliphatic rings. The Morgan fingerprint density at radius 2 is 1.60 bits per heavy atom. The Hall–Kier alpha value is -1.10. The van der Waals surface area contributed by atoms with E-state index in [-0.39, 0.29) is 5.92 Å². The first-order valence-electron chi connectivity index (χ1n) is 5.13. The highest BCUT2D eigenvalue weighted by atomic mass is 16.4. The average Bonchev–Trinajstić information content (AvgIpc) is 2.17. The first kappa shape index (κ1) is 13.9. The lowest BCUT2D eigenvalue weighted by atomic mass is 9.84. The summed E-state index contributed by atoms with van der Waals surface area (Å²) in [6, 6.07) is -0.629. The van der Waals surface area contributed by atoms with Crippen LogP contribution < -0.4 is 5.73 Å². The van der Waals surface area contributed by atoms with E-state index in [9.17, 15) is 4.79 Å². The van der Waals surface area contributed by atoms with E-state index in [0.717, 1.165) is 32.6 Å². The Bertz CT molecular complexity index is 207. The molecule has 1 aliphatic carbocycles. The Kier molecular flexibility index (Phi) is 6.70. The summed E-state index contributed by atoms with van der Waals surface area (Å²) in [7, 11) is 0. The predicted octanol–water partition coefficient (Wildman–Crippen LogP) is 1.07. The van der Waals surface area contributed by atoms with Crippen molar-refractivity contribution in [1.29, 1.82) is 0 Å². The van der Waals surface area contributed by atoms with Crippen LogP contribution in [0.25, 0.3) is 0 Å². The molecule has 88 valence electrons. The van der Waals surface area contributed by atoms with Crippen molar-refractivity contribution in [3.63, 3.8) is 0 Å². The molecule has 5 nitrogen and oxygen atoms in total. The zero-order valence-corrected chi connectivity index (χ0v) is 8.98. The first-order valence-corrected chi connectivity index (χ1v) is 5.13. The van der Waals surface area contributed by atoms with E-state index in [2.05, 4.69) is 0 Å². The lowest BCUT2D eigenvalue weighted by Crippen LogP contribution is -2.38. The minimum Gasteiger partial charge on any atom is -0.481 e. The second-order valence-corrected chi connectivity index (χ2v) is 3.78. The minimum atomic E-state index is -0.850. The maximum Gasteiger partial charge on any atom is 0.320 e. The van der Waals surface area contributed by atoms with Gasteiger partial charge < -0.3 is 15.9 Å². The maximum absolute atomic E-state index is 10.5. The normalized spacial score (nSPS) is 18.5. The van der Waals surface area contributed by atoms with Crippen LogP contribution in [0, 0.1) is 5.92 Å². The zero-order valence-electron chi connectivity index (χ0n) is 8.98. The van der Waals surface area contributed by atoms with Crippen molar-refractivity contribution in [3.8, 4) is 0 Å². The van der Waals surface area contributed by atoms with Crippen molar-refractivity contribution >= 4 is 11.9 Å². The van der Waals surface area contributed by atoms with Gasteiger partial charge >= 0.3 is 5.97 Å². The standard InChI is InChI=1S/C8H15NO2.C2H4O2/c9-7(8(10)11)6-4-2-1-3-5-6;1-2(3)4/h6-7H,1-5,9H2,(H,10,11);1H3,(H,3,4). The zero-order chi connectivity index (χ0) is 11.8. The summed E-state index contributed by atoms with van der Waals surface area (Å²) < 4.78 is 0. The largest absolute Gasteiger partial charge is 0.481 e. The molecule has 0 aromatic heterocycles. The summed E-state index contributed by atoms with van der Waals surface area (Å²) in [5.41, 5.74) is 5.49. The molecule has 0 saturated heterocycles. The van der Waals surface area contributed by atoms with Gasteiger partial charge in [-0.3, -0.25) is 9.59 Å². The molecule has 4 N–H and O–H groups in total. The molecule has 5 heteroatoms. The Labute approximate surface area is 89.3 Å². The SMILES string of the molecule is CC(=O)O.NC(C(=O)O)C1CCCCC1. The van der Waals surface area contributed by atoms with Gasteiger partial charge in [-0.2, -0.15) is 0 Å². The number of carboxylic acid groups (broad SMARTS) is 2. The summed E-state index contributed by atoms with van der Waals surface area (Å²) in [6.45, 7) is 1.08. The van der Waals surface area contributed by atoms with E-state index in [4.69, 9.17) is 20.7 Å². The molecule has 1 fully saturated rings. The molecule has 0 amide bonds. The van der Waals surface area contributed by atoms with E-state index < -0.39 is 18.0 Å². The van der Waals surface area contributed by atoms with Crippen LogP contribution in [0.5, 0.6) is 0 Å². The number of rotatable bonds is 2. The Morgan fingerprint density at radius 3 is 1.93 bits per heavy atom. The van der Waals surface area contributed by atoms with Crippen LogP contribution >= 0.6 is 0 Å². The highest BCUT2D eigenvalue weighted by Gasteiger charge is 2.25. The van der Waals surface area contributed by atoms with Gasteiger partial charge in [0.2, 0.25) is 0 Å². The molecule has 0 aromatic rings. The topological polar surface area (TPSA) is 101 Å². The Morgan fingerprint density at radius 1 is 1.20 bits per heavy atom. The molecule has 1 unspecified atom stereocenters. The van der Waals surface area contributed by atoms with Gasteiger partial charge in [-0.1, -0.05) is 19.3 Å². The van der Waals surface area contributed by atoms with Crippen molar-refractivity contribution in [2.75, 3.05) is 0 Å². The third-order valence-electron chi connectivity index (χ3n) is 2.44. The first-order chi connectivity index (χ1) is 6.95. The third kappa shape index (κ3) is 6.90. The van der Waals surface area contributed by atoms with Gasteiger partial charge in [-0.15, -0.1) is 0 Å². The van der Waals surface area contributed by atoms with Gasteiger partial charge in [0.1, 0.15) is 6.04 Å². The molecule has 1 atom stereocenters. The maximum atomic E-state index is 10.5. The number of carbonyl (C=O) groups is 2. The van der Waals surface area contributed by atoms with E-state index in [1.165, 1.54) is 6.42 Å². The summed E-state index contributed by atoms with van der Waals surface area (Å²) in [5, 5.41) is 16.0. The van der Waals surface area contributed by atoms with Crippen LogP contribution in [-0.4, -0.2) is 28.2 Å². The summed E-state index contributed by atoms with van der Waals surface area (Å²) in [6.07, 6.45) is 5.51. The van der Waals surface area contributed by atoms with Crippen LogP contribution in [-0.2, 0) is 9.59 Å². The molecule has 0 heterocycles. The highest BCUT2D eigenvalue weighted by molar-refractivity contribution is 5.73. The van der Waals surface area contributed by atoms with Crippen molar-refractivity contribution in [3.05, 3.63) is 0 Å². The molecule has 0 radical (unpaired) electrons. The molecular formula is C10H19NO4. The molecule has 1 rings (SSSR count). The van der Waals surface area contributed by atoms with Crippen LogP contribution in [0.2, 0.25) is 0 Å². The van der Waals surface area contributed by atoms with E-state index >= 15 is 0 Å². The van der Waals surface area contributed by atoms with Crippen molar-refractivity contribution in [2.45, 2.75) is 45.1 Å². The van der Waals surface area contributed by atoms with Crippen LogP contribution in [0.3, 0.4) is 0 Å². The monoisotopic (exact) mass is 217 g/mol. The molecule has 0 aromatic carbocycles. The van der Waals surface area contributed by atoms with Crippen molar-refractivity contribution in [1.82, 2.24) is 0 Å². The fourth-order valence-corrected chi connectivity index (χ4v) is 1.69. The lowest BCUT2D eigenvalue weighted by Gasteiger charge is -2.24. The van der Waals surface area contributed by atoms with E-state index in [1.54, 1.807) is 0 Å². The summed E-state index contributed by atoms with van der Waals surface area (Å²) >= 11 is 0. The number of hydrogen-bond donors (Lipinski definition) is 3. The fraction of sp³-hybridized carbons (Fsp3) is 0.800. The van der Waals surface area contributed by atoms with Crippen LogP contribution in [0.4, 0.5) is 0 Å². The molecule has 0 spiro atoms. The second kappa shape index (κ2) is 7.23.